The van der Waals surface area contributed by atoms with E-state index in [-0.39, 0.29) is 11.7 Å². The second kappa shape index (κ2) is 7.58. The van der Waals surface area contributed by atoms with Crippen LogP contribution in [0.3, 0.4) is 0 Å². The molecule has 0 aliphatic carbocycles. The maximum absolute atomic E-state index is 12.3. The van der Waals surface area contributed by atoms with Crippen molar-refractivity contribution in [2.24, 2.45) is 5.92 Å². The Morgan fingerprint density at radius 3 is 2.83 bits per heavy atom. The van der Waals surface area contributed by atoms with E-state index in [9.17, 15) is 9.90 Å². The minimum absolute atomic E-state index is 0.0393. The van der Waals surface area contributed by atoms with Crippen LogP contribution < -0.4 is 10.2 Å². The molecule has 1 unspecified atom stereocenters. The number of hydrogen-bond donors (Lipinski definition) is 2. The summed E-state index contributed by atoms with van der Waals surface area (Å²) in [6, 6.07) is 14.7. The number of benzene rings is 2. The van der Waals surface area contributed by atoms with Crippen LogP contribution in [0.1, 0.15) is 23.2 Å². The van der Waals surface area contributed by atoms with Gasteiger partial charge in [-0.25, -0.2) is 0 Å². The summed E-state index contributed by atoms with van der Waals surface area (Å²) >= 11 is 6.04. The highest BCUT2D eigenvalue weighted by Crippen LogP contribution is 2.23. The number of carbonyl (C=O) groups excluding carboxylic acids is 1. The van der Waals surface area contributed by atoms with Crippen LogP contribution in [0.4, 0.5) is 5.69 Å². The Morgan fingerprint density at radius 1 is 1.25 bits per heavy atom. The predicted octanol–water partition coefficient (Wildman–Crippen LogP) is 3.69. The Labute approximate surface area is 147 Å². The summed E-state index contributed by atoms with van der Waals surface area (Å²) in [4.78, 5) is 14.7. The van der Waals surface area contributed by atoms with E-state index in [0.717, 1.165) is 25.9 Å². The summed E-state index contributed by atoms with van der Waals surface area (Å²) in [5, 5.41) is 12.8. The average molecular weight is 345 g/mol. The number of amides is 1. The molecule has 3 rings (SSSR count). The first kappa shape index (κ1) is 16.7. The molecule has 4 nitrogen and oxygen atoms in total. The molecule has 1 aliphatic heterocycles. The number of carbonyl (C=O) groups is 1. The third-order valence-electron chi connectivity index (χ3n) is 4.39. The number of rotatable bonds is 4. The van der Waals surface area contributed by atoms with Crippen LogP contribution in [0.25, 0.3) is 0 Å². The summed E-state index contributed by atoms with van der Waals surface area (Å²) in [6.45, 7) is 2.58. The predicted molar refractivity (Wildman–Crippen MR) is 96.8 cm³/mol. The van der Waals surface area contributed by atoms with E-state index in [1.165, 1.54) is 23.9 Å². The Morgan fingerprint density at radius 2 is 2.04 bits per heavy atom. The molecule has 0 spiro atoms. The number of para-hydroxylation sites is 1. The first-order valence-corrected chi connectivity index (χ1v) is 8.58. The quantitative estimate of drug-likeness (QED) is 0.889. The van der Waals surface area contributed by atoms with E-state index in [0.29, 0.717) is 23.0 Å². The molecule has 1 aliphatic rings. The van der Waals surface area contributed by atoms with Gasteiger partial charge >= 0.3 is 0 Å². The van der Waals surface area contributed by atoms with Gasteiger partial charge in [-0.1, -0.05) is 29.8 Å². The van der Waals surface area contributed by atoms with Gasteiger partial charge < -0.3 is 15.3 Å². The van der Waals surface area contributed by atoms with Gasteiger partial charge in [-0.15, -0.1) is 0 Å². The molecule has 0 radical (unpaired) electrons. The second-order valence-corrected chi connectivity index (χ2v) is 6.57. The zero-order chi connectivity index (χ0) is 16.9. The maximum atomic E-state index is 12.3. The largest absolute Gasteiger partial charge is 0.508 e. The normalized spacial score (nSPS) is 17.5. The van der Waals surface area contributed by atoms with Crippen molar-refractivity contribution in [3.8, 4) is 5.75 Å². The number of halogens is 1. The molecule has 2 aromatic rings. The highest BCUT2D eigenvalue weighted by atomic mass is 35.5. The third kappa shape index (κ3) is 4.01. The van der Waals surface area contributed by atoms with Gasteiger partial charge in [0, 0.05) is 25.3 Å². The smallest absolute Gasteiger partial charge is 0.252 e. The average Bonchev–Trinajstić information content (AvgIpc) is 2.63. The van der Waals surface area contributed by atoms with E-state index >= 15 is 0 Å². The second-order valence-electron chi connectivity index (χ2n) is 6.16. The lowest BCUT2D eigenvalue weighted by atomic mass is 9.97. The van der Waals surface area contributed by atoms with Crippen molar-refractivity contribution >= 4 is 23.2 Å². The minimum Gasteiger partial charge on any atom is -0.508 e. The van der Waals surface area contributed by atoms with Crippen LogP contribution in [-0.4, -0.2) is 30.6 Å². The first-order valence-electron chi connectivity index (χ1n) is 8.20. The van der Waals surface area contributed by atoms with Crippen molar-refractivity contribution in [2.75, 3.05) is 24.5 Å². The highest BCUT2D eigenvalue weighted by molar-refractivity contribution is 6.33. The molecule has 1 fully saturated rings. The van der Waals surface area contributed by atoms with Crippen molar-refractivity contribution in [2.45, 2.75) is 12.8 Å². The fourth-order valence-corrected chi connectivity index (χ4v) is 3.33. The molecular weight excluding hydrogens is 324 g/mol. The van der Waals surface area contributed by atoms with Gasteiger partial charge in [0.25, 0.3) is 5.91 Å². The zero-order valence-electron chi connectivity index (χ0n) is 13.4. The summed E-state index contributed by atoms with van der Waals surface area (Å²) in [5.41, 5.74) is 1.54. The maximum Gasteiger partial charge on any atom is 0.252 e. The number of anilines is 1. The van der Waals surface area contributed by atoms with Crippen LogP contribution in [-0.2, 0) is 0 Å². The monoisotopic (exact) mass is 344 g/mol. The Bertz CT molecular complexity index is 706. The molecule has 2 N–H and O–H groups in total. The molecule has 1 amide bonds. The van der Waals surface area contributed by atoms with Gasteiger partial charge in [-0.3, -0.25) is 4.79 Å². The number of nitrogens with one attached hydrogen (secondary N) is 1. The van der Waals surface area contributed by atoms with Crippen molar-refractivity contribution in [1.82, 2.24) is 5.32 Å². The molecule has 0 saturated carbocycles. The zero-order valence-corrected chi connectivity index (χ0v) is 14.2. The van der Waals surface area contributed by atoms with Crippen LogP contribution in [0.2, 0.25) is 5.02 Å². The van der Waals surface area contributed by atoms with Gasteiger partial charge in [0.05, 0.1) is 10.6 Å². The Kier molecular flexibility index (Phi) is 5.26. The van der Waals surface area contributed by atoms with Crippen LogP contribution in [0, 0.1) is 5.92 Å². The van der Waals surface area contributed by atoms with E-state index < -0.39 is 0 Å². The van der Waals surface area contributed by atoms with E-state index in [1.54, 1.807) is 0 Å². The van der Waals surface area contributed by atoms with Gasteiger partial charge in [-0.05, 0) is 49.1 Å². The van der Waals surface area contributed by atoms with Crippen molar-refractivity contribution in [1.29, 1.82) is 0 Å². The molecule has 0 bridgehead atoms. The SMILES string of the molecule is O=C(NCC1CCCN(c2ccccc2)C1)c1cc(O)ccc1Cl. The molecular formula is C19H21ClN2O2. The minimum atomic E-state index is -0.243. The van der Waals surface area contributed by atoms with Gasteiger partial charge in [0.1, 0.15) is 5.75 Å². The lowest BCUT2D eigenvalue weighted by Crippen LogP contribution is -2.41. The van der Waals surface area contributed by atoms with Crippen LogP contribution in [0.5, 0.6) is 5.75 Å². The topological polar surface area (TPSA) is 52.6 Å². The third-order valence-corrected chi connectivity index (χ3v) is 4.72. The van der Waals surface area contributed by atoms with Crippen molar-refractivity contribution in [3.05, 3.63) is 59.1 Å². The molecule has 126 valence electrons. The highest BCUT2D eigenvalue weighted by Gasteiger charge is 2.21. The lowest BCUT2D eigenvalue weighted by molar-refractivity contribution is 0.0945. The lowest BCUT2D eigenvalue weighted by Gasteiger charge is -2.34. The van der Waals surface area contributed by atoms with E-state index in [1.807, 2.05) is 18.2 Å². The number of phenols is 1. The molecule has 1 atom stereocenters. The standard InChI is InChI=1S/C19H21ClN2O2/c20-18-9-8-16(23)11-17(18)19(24)21-12-14-5-4-10-22(13-14)15-6-2-1-3-7-15/h1-3,6-9,11,14,23H,4-5,10,12-13H2,(H,21,24). The molecule has 1 saturated heterocycles. The van der Waals surface area contributed by atoms with E-state index in [2.05, 4.69) is 22.3 Å². The van der Waals surface area contributed by atoms with Gasteiger partial charge in [0.2, 0.25) is 0 Å². The first-order chi connectivity index (χ1) is 11.6. The molecule has 24 heavy (non-hydrogen) atoms. The number of nitrogens with zero attached hydrogens (tertiary/aromatic N) is 1. The van der Waals surface area contributed by atoms with Gasteiger partial charge in [0.15, 0.2) is 0 Å². The number of phenolic OH excluding ortho intramolecular Hbond substituents is 1. The van der Waals surface area contributed by atoms with Crippen molar-refractivity contribution < 1.29 is 9.90 Å². The summed E-state index contributed by atoms with van der Waals surface area (Å²) in [5.74, 6) is 0.198. The molecule has 2 aromatic carbocycles. The molecule has 1 heterocycles. The Hall–Kier alpha value is -2.20. The summed E-state index contributed by atoms with van der Waals surface area (Å²) < 4.78 is 0. The van der Waals surface area contributed by atoms with Gasteiger partial charge in [-0.2, -0.15) is 0 Å². The fraction of sp³-hybridized carbons (Fsp3) is 0.316. The summed E-state index contributed by atoms with van der Waals surface area (Å²) in [6.07, 6.45) is 2.21. The van der Waals surface area contributed by atoms with E-state index in [4.69, 9.17) is 11.6 Å². The number of aromatic hydroxyl groups is 1. The van der Waals surface area contributed by atoms with Crippen LogP contribution >= 0.6 is 11.6 Å². The number of piperidine rings is 1. The Balaban J connectivity index is 1.58. The summed E-state index contributed by atoms with van der Waals surface area (Å²) in [7, 11) is 0. The number of hydrogen-bond acceptors (Lipinski definition) is 3. The fourth-order valence-electron chi connectivity index (χ4n) is 3.12. The van der Waals surface area contributed by atoms with Crippen LogP contribution in [0.15, 0.2) is 48.5 Å². The van der Waals surface area contributed by atoms with Crippen molar-refractivity contribution in [3.63, 3.8) is 0 Å². The molecule has 5 heteroatoms. The molecule has 0 aromatic heterocycles.